The van der Waals surface area contributed by atoms with E-state index < -0.39 is 36.2 Å². The number of fused-ring (bicyclic) bond motifs is 1. The summed E-state index contributed by atoms with van der Waals surface area (Å²) in [4.78, 5) is 0. The van der Waals surface area contributed by atoms with Crippen molar-refractivity contribution in [3.05, 3.63) is 0 Å². The fraction of sp³-hybridized carbons (Fsp3) is 1.00. The molecule has 2 rings (SSSR count). The molecule has 0 amide bonds. The van der Waals surface area contributed by atoms with Crippen molar-refractivity contribution < 1.29 is 33.5 Å². The Morgan fingerprint density at radius 2 is 1.53 bits per heavy atom. The minimum atomic E-state index is -1.14. The molecule has 0 saturated carbocycles. The lowest BCUT2D eigenvalue weighted by Crippen LogP contribution is -2.71. The quantitative estimate of drug-likeness (QED) is 0.770. The number of methoxy groups -OCH3 is 3. The second kappa shape index (κ2) is 5.25. The highest BCUT2D eigenvalue weighted by molar-refractivity contribution is 4.96. The van der Waals surface area contributed by atoms with Gasteiger partial charge in [0.15, 0.2) is 6.29 Å². The Kier molecular flexibility index (Phi) is 4.18. The third-order valence-corrected chi connectivity index (χ3v) is 3.96. The summed E-state index contributed by atoms with van der Waals surface area (Å²) in [6.45, 7) is 3.53. The van der Waals surface area contributed by atoms with E-state index in [4.69, 9.17) is 28.4 Å². The van der Waals surface area contributed by atoms with E-state index in [9.17, 15) is 5.11 Å². The molecule has 0 bridgehead atoms. The molecule has 7 heteroatoms. The van der Waals surface area contributed by atoms with Crippen LogP contribution in [-0.4, -0.2) is 69.2 Å². The Balaban J connectivity index is 2.29. The summed E-state index contributed by atoms with van der Waals surface area (Å²) >= 11 is 0. The predicted molar refractivity (Wildman–Crippen MR) is 63.3 cm³/mol. The van der Waals surface area contributed by atoms with Crippen LogP contribution in [-0.2, 0) is 28.4 Å². The normalized spacial score (nSPS) is 50.8. The van der Waals surface area contributed by atoms with Gasteiger partial charge in [-0.2, -0.15) is 0 Å². The van der Waals surface area contributed by atoms with Crippen molar-refractivity contribution in [2.45, 2.75) is 50.0 Å². The van der Waals surface area contributed by atoms with Gasteiger partial charge in [-0.15, -0.1) is 0 Å². The Bertz CT molecular complexity index is 325. The average Bonchev–Trinajstić information content (AvgIpc) is 2.41. The summed E-state index contributed by atoms with van der Waals surface area (Å²) in [5.74, 6) is -2.28. The first-order valence-corrected chi connectivity index (χ1v) is 6.19. The summed E-state index contributed by atoms with van der Waals surface area (Å²) in [6, 6.07) is 0. The SMILES string of the molecule is CO[C@H]1OC[C@H](O)[C@@H]2O[C@@](C)(OC)[C@](C)(OC)O[C@@H]12. The lowest BCUT2D eigenvalue weighted by molar-refractivity contribution is -0.478. The Labute approximate surface area is 112 Å². The van der Waals surface area contributed by atoms with E-state index in [1.165, 1.54) is 21.3 Å². The molecular formula is C12H22O7. The number of aliphatic hydroxyl groups is 1. The van der Waals surface area contributed by atoms with E-state index >= 15 is 0 Å². The van der Waals surface area contributed by atoms with Crippen molar-refractivity contribution in [3.63, 3.8) is 0 Å². The average molecular weight is 278 g/mol. The standard InChI is InChI=1S/C12H22O7/c1-11(15-4)12(2,16-5)19-9-8(18-11)7(13)6-17-10(9)14-3/h7-10,13H,6H2,1-5H3/t7-,8-,9+,10-,11+,12+/m0/s1. The molecule has 19 heavy (non-hydrogen) atoms. The molecule has 0 radical (unpaired) electrons. The minimum absolute atomic E-state index is 0.118. The summed E-state index contributed by atoms with van der Waals surface area (Å²) in [5, 5.41) is 10.0. The molecule has 0 unspecified atom stereocenters. The van der Waals surface area contributed by atoms with E-state index in [1.54, 1.807) is 13.8 Å². The fourth-order valence-corrected chi connectivity index (χ4v) is 2.43. The van der Waals surface area contributed by atoms with E-state index in [1.807, 2.05) is 0 Å². The highest BCUT2D eigenvalue weighted by Crippen LogP contribution is 2.42. The lowest BCUT2D eigenvalue weighted by Gasteiger charge is -2.55. The molecule has 2 heterocycles. The molecule has 1 N–H and O–H groups in total. The molecule has 2 aliphatic heterocycles. The van der Waals surface area contributed by atoms with Crippen LogP contribution in [0.2, 0.25) is 0 Å². The molecule has 0 aromatic rings. The third kappa shape index (κ3) is 2.29. The molecule has 6 atom stereocenters. The Morgan fingerprint density at radius 3 is 2.00 bits per heavy atom. The number of hydrogen-bond donors (Lipinski definition) is 1. The van der Waals surface area contributed by atoms with Gasteiger partial charge in [-0.3, -0.25) is 0 Å². The van der Waals surface area contributed by atoms with Gasteiger partial charge in [0, 0.05) is 21.3 Å². The molecule has 7 nitrogen and oxygen atoms in total. The van der Waals surface area contributed by atoms with Crippen LogP contribution in [0.3, 0.4) is 0 Å². The van der Waals surface area contributed by atoms with Gasteiger partial charge in [-0.25, -0.2) is 0 Å². The van der Waals surface area contributed by atoms with E-state index in [0.717, 1.165) is 0 Å². The molecule has 0 aliphatic carbocycles. The summed E-state index contributed by atoms with van der Waals surface area (Å²) in [7, 11) is 4.51. The van der Waals surface area contributed by atoms with Crippen LogP contribution in [0.4, 0.5) is 0 Å². The molecule has 0 spiro atoms. The molecule has 112 valence electrons. The van der Waals surface area contributed by atoms with Gasteiger partial charge in [0.25, 0.3) is 0 Å². The second-order valence-corrected chi connectivity index (χ2v) is 4.97. The number of ether oxygens (including phenoxy) is 6. The third-order valence-electron chi connectivity index (χ3n) is 3.96. The monoisotopic (exact) mass is 278 g/mol. The van der Waals surface area contributed by atoms with Gasteiger partial charge in [0.05, 0.1) is 6.61 Å². The highest BCUT2D eigenvalue weighted by atomic mass is 16.8. The van der Waals surface area contributed by atoms with Gasteiger partial charge in [0.2, 0.25) is 11.6 Å². The van der Waals surface area contributed by atoms with E-state index in [0.29, 0.717) is 0 Å². The van der Waals surface area contributed by atoms with E-state index in [-0.39, 0.29) is 6.61 Å². The summed E-state index contributed by atoms with van der Waals surface area (Å²) in [6.07, 6.45) is -2.63. The van der Waals surface area contributed by atoms with Crippen LogP contribution in [0.5, 0.6) is 0 Å². The van der Waals surface area contributed by atoms with Crippen LogP contribution in [0, 0.1) is 0 Å². The zero-order valence-electron chi connectivity index (χ0n) is 11.9. The Hall–Kier alpha value is -0.280. The fourth-order valence-electron chi connectivity index (χ4n) is 2.43. The molecular weight excluding hydrogens is 256 g/mol. The minimum Gasteiger partial charge on any atom is -0.388 e. The zero-order chi connectivity index (χ0) is 14.3. The van der Waals surface area contributed by atoms with Crippen LogP contribution in [0.1, 0.15) is 13.8 Å². The summed E-state index contributed by atoms with van der Waals surface area (Å²) in [5.41, 5.74) is 0. The van der Waals surface area contributed by atoms with Crippen molar-refractivity contribution in [3.8, 4) is 0 Å². The van der Waals surface area contributed by atoms with Crippen LogP contribution < -0.4 is 0 Å². The van der Waals surface area contributed by atoms with Gasteiger partial charge in [-0.1, -0.05) is 0 Å². The highest BCUT2D eigenvalue weighted by Gasteiger charge is 2.60. The van der Waals surface area contributed by atoms with Crippen molar-refractivity contribution in [1.82, 2.24) is 0 Å². The summed E-state index contributed by atoms with van der Waals surface area (Å²) < 4.78 is 33.2. The second-order valence-electron chi connectivity index (χ2n) is 4.97. The van der Waals surface area contributed by atoms with Crippen LogP contribution in [0.25, 0.3) is 0 Å². The maximum atomic E-state index is 10.0. The van der Waals surface area contributed by atoms with Gasteiger partial charge in [0.1, 0.15) is 18.3 Å². The predicted octanol–water partition coefficient (Wildman–Crippen LogP) is -0.141. The Morgan fingerprint density at radius 1 is 1.00 bits per heavy atom. The molecule has 2 fully saturated rings. The lowest BCUT2D eigenvalue weighted by atomic mass is 9.98. The molecule has 2 aliphatic rings. The van der Waals surface area contributed by atoms with Gasteiger partial charge in [-0.05, 0) is 13.8 Å². The van der Waals surface area contributed by atoms with Gasteiger partial charge < -0.3 is 33.5 Å². The molecule has 2 saturated heterocycles. The smallest absolute Gasteiger partial charge is 0.220 e. The van der Waals surface area contributed by atoms with E-state index in [2.05, 4.69) is 0 Å². The van der Waals surface area contributed by atoms with Crippen molar-refractivity contribution in [2.24, 2.45) is 0 Å². The topological polar surface area (TPSA) is 75.6 Å². The molecule has 0 aromatic heterocycles. The first kappa shape index (κ1) is 15.1. The maximum absolute atomic E-state index is 10.0. The number of aliphatic hydroxyl groups excluding tert-OH is 1. The first-order valence-electron chi connectivity index (χ1n) is 6.19. The van der Waals surface area contributed by atoms with Crippen molar-refractivity contribution in [1.29, 1.82) is 0 Å². The van der Waals surface area contributed by atoms with Crippen LogP contribution in [0.15, 0.2) is 0 Å². The van der Waals surface area contributed by atoms with Gasteiger partial charge >= 0.3 is 0 Å². The maximum Gasteiger partial charge on any atom is 0.220 e. The molecule has 0 aromatic carbocycles. The number of rotatable bonds is 3. The zero-order valence-corrected chi connectivity index (χ0v) is 11.9. The first-order chi connectivity index (χ1) is 8.90. The van der Waals surface area contributed by atoms with Crippen molar-refractivity contribution in [2.75, 3.05) is 27.9 Å². The van der Waals surface area contributed by atoms with Crippen LogP contribution >= 0.6 is 0 Å². The largest absolute Gasteiger partial charge is 0.388 e. The number of hydrogen-bond acceptors (Lipinski definition) is 7. The van der Waals surface area contributed by atoms with Crippen molar-refractivity contribution >= 4 is 0 Å².